The highest BCUT2D eigenvalue weighted by Gasteiger charge is 2.27. The van der Waals surface area contributed by atoms with Gasteiger partial charge in [-0.25, -0.2) is 0 Å². The van der Waals surface area contributed by atoms with E-state index in [0.29, 0.717) is 11.8 Å². The Morgan fingerprint density at radius 3 is 2.40 bits per heavy atom. The maximum absolute atomic E-state index is 5.90. The highest BCUT2D eigenvalue weighted by atomic mass is 16.5. The van der Waals surface area contributed by atoms with E-state index in [4.69, 9.17) is 4.74 Å². The van der Waals surface area contributed by atoms with Crippen LogP contribution in [0.5, 0.6) is 0 Å². The van der Waals surface area contributed by atoms with E-state index >= 15 is 0 Å². The van der Waals surface area contributed by atoms with E-state index in [2.05, 4.69) is 112 Å². The molecule has 1 heterocycles. The zero-order chi connectivity index (χ0) is 29.2. The lowest BCUT2D eigenvalue weighted by Gasteiger charge is -2.21. The van der Waals surface area contributed by atoms with Crippen molar-refractivity contribution in [2.45, 2.75) is 111 Å². The molecule has 0 radical (unpaired) electrons. The van der Waals surface area contributed by atoms with Crippen LogP contribution in [0.15, 0.2) is 89.1 Å². The summed E-state index contributed by atoms with van der Waals surface area (Å²) in [5, 5.41) is 0. The van der Waals surface area contributed by atoms with E-state index in [9.17, 15) is 0 Å². The summed E-state index contributed by atoms with van der Waals surface area (Å²) < 4.78 is 5.90. The minimum absolute atomic E-state index is 0.173. The Morgan fingerprint density at radius 2 is 1.77 bits per heavy atom. The smallest absolute Gasteiger partial charge is 0.145 e. The third kappa shape index (κ3) is 10.5. The van der Waals surface area contributed by atoms with Gasteiger partial charge in [-0.15, -0.1) is 5.73 Å². The lowest BCUT2D eigenvalue weighted by Crippen LogP contribution is -2.22. The largest absolute Gasteiger partial charge is 0.489 e. The van der Waals surface area contributed by atoms with Gasteiger partial charge >= 0.3 is 0 Å². The summed E-state index contributed by atoms with van der Waals surface area (Å²) in [6.07, 6.45) is 22.1. The number of nitrogens with zero attached hydrogens (tertiary/aromatic N) is 2. The summed E-state index contributed by atoms with van der Waals surface area (Å²) in [7, 11) is 0. The highest BCUT2D eigenvalue weighted by molar-refractivity contribution is 5.87. The zero-order valence-electron chi connectivity index (χ0n) is 26.1. The van der Waals surface area contributed by atoms with Crippen molar-refractivity contribution in [2.75, 3.05) is 11.5 Å². The van der Waals surface area contributed by atoms with Crippen molar-refractivity contribution in [1.82, 2.24) is 0 Å². The number of hydrogen-bond acceptors (Lipinski definition) is 3. The van der Waals surface area contributed by atoms with Gasteiger partial charge < -0.3 is 4.74 Å². The maximum atomic E-state index is 5.90. The Labute approximate surface area is 245 Å². The highest BCUT2D eigenvalue weighted by Crippen LogP contribution is 2.31. The average molecular weight is 543 g/mol. The Bertz CT molecular complexity index is 1060. The molecule has 0 bridgehead atoms. The van der Waals surface area contributed by atoms with E-state index in [1.54, 1.807) is 0 Å². The lowest BCUT2D eigenvalue weighted by atomic mass is 9.90. The second kappa shape index (κ2) is 19.1. The first-order chi connectivity index (χ1) is 19.5. The summed E-state index contributed by atoms with van der Waals surface area (Å²) in [6.45, 7) is 19.4. The van der Waals surface area contributed by atoms with Crippen LogP contribution in [0.4, 0.5) is 5.69 Å². The summed E-state index contributed by atoms with van der Waals surface area (Å²) in [4.78, 5) is 6.68. The molecule has 1 aliphatic heterocycles. The molecular weight excluding hydrogens is 488 g/mol. The van der Waals surface area contributed by atoms with Gasteiger partial charge in [0.2, 0.25) is 0 Å². The van der Waals surface area contributed by atoms with E-state index in [0.717, 1.165) is 43.0 Å². The molecule has 0 amide bonds. The van der Waals surface area contributed by atoms with Crippen molar-refractivity contribution in [3.05, 3.63) is 89.7 Å². The molecule has 0 saturated carbocycles. The van der Waals surface area contributed by atoms with Crippen molar-refractivity contribution in [2.24, 2.45) is 16.8 Å². The fraction of sp³-hybridized carbons (Fsp3) is 0.541. The fourth-order valence-corrected chi connectivity index (χ4v) is 5.09. The van der Waals surface area contributed by atoms with E-state index in [1.807, 2.05) is 6.34 Å². The maximum Gasteiger partial charge on any atom is 0.145 e. The molecule has 2 aliphatic rings. The van der Waals surface area contributed by atoms with Gasteiger partial charge in [-0.1, -0.05) is 110 Å². The topological polar surface area (TPSA) is 24.8 Å². The molecule has 3 rings (SSSR count). The van der Waals surface area contributed by atoms with E-state index < -0.39 is 0 Å². The van der Waals surface area contributed by atoms with Crippen LogP contribution in [0.25, 0.3) is 0 Å². The lowest BCUT2D eigenvalue weighted by molar-refractivity contribution is 0.183. The number of ether oxygens (including phenoxy) is 1. The summed E-state index contributed by atoms with van der Waals surface area (Å²) in [5.41, 5.74) is 11.1. The molecule has 2 unspecified atom stereocenters. The molecule has 1 aromatic carbocycles. The summed E-state index contributed by atoms with van der Waals surface area (Å²) >= 11 is 0. The van der Waals surface area contributed by atoms with Crippen molar-refractivity contribution in [1.29, 1.82) is 0 Å². The summed E-state index contributed by atoms with van der Waals surface area (Å²) in [5.74, 6) is 1.75. The molecule has 0 aromatic heterocycles. The molecule has 0 fully saturated rings. The quantitative estimate of drug-likeness (QED) is 0.133. The number of aliphatic imine (C=N–C) groups is 1. The number of benzene rings is 1. The Hall–Kier alpha value is -2.99. The molecule has 0 N–H and O–H groups in total. The molecule has 3 nitrogen and oxygen atoms in total. The van der Waals surface area contributed by atoms with Gasteiger partial charge in [0, 0.05) is 11.6 Å². The second-order valence-corrected chi connectivity index (χ2v) is 11.1. The standard InChI is InChI=1S/C19H30O.C18H24N2/c1-4-7-10-15-18(19(6-3)20-16-5-2)17-13-11-8-9-12-14-17;1-5-7-8-15-9-11-16(12-10-15)20-13-19-18(14(3)4)17(20)6-2/h11,13-14,18H,3-5,7-10,12,15-16H2,1-2H3;9-14,18H,2,5,7-8H2,1,3-4H3. The van der Waals surface area contributed by atoms with Crippen LogP contribution in [0.3, 0.4) is 0 Å². The van der Waals surface area contributed by atoms with Gasteiger partial charge in [-0.2, -0.15) is 0 Å². The SMILES string of the molecule is C=C=C(OCCC)C(CCCCC)C1=CCCCC=C1.C=C=C1C(C(C)C)N=CN1c1ccc(CCCC)cc1. The molecule has 2 atom stereocenters. The van der Waals surface area contributed by atoms with Gasteiger partial charge in [0.1, 0.15) is 11.8 Å². The number of hydrogen-bond donors (Lipinski definition) is 0. The van der Waals surface area contributed by atoms with Crippen LogP contribution in [0.2, 0.25) is 0 Å². The number of anilines is 1. The third-order valence-electron chi connectivity index (χ3n) is 7.44. The van der Waals surface area contributed by atoms with Gasteiger partial charge in [-0.3, -0.25) is 9.89 Å². The molecule has 40 heavy (non-hydrogen) atoms. The molecule has 1 aromatic rings. The normalized spacial score (nSPS) is 16.9. The third-order valence-corrected chi connectivity index (χ3v) is 7.44. The first-order valence-electron chi connectivity index (χ1n) is 15.7. The van der Waals surface area contributed by atoms with Crippen molar-refractivity contribution in [3.8, 4) is 0 Å². The van der Waals surface area contributed by atoms with Crippen molar-refractivity contribution < 1.29 is 4.74 Å². The predicted octanol–water partition coefficient (Wildman–Crippen LogP) is 10.5. The molecule has 218 valence electrons. The Morgan fingerprint density at radius 1 is 1.02 bits per heavy atom. The van der Waals surface area contributed by atoms with Gasteiger partial charge in [0.25, 0.3) is 0 Å². The van der Waals surface area contributed by atoms with Crippen molar-refractivity contribution in [3.63, 3.8) is 0 Å². The van der Waals surface area contributed by atoms with Gasteiger partial charge in [0.15, 0.2) is 0 Å². The molecule has 0 spiro atoms. The van der Waals surface area contributed by atoms with E-state index in [1.165, 1.54) is 62.5 Å². The first kappa shape index (κ1) is 33.2. The molecular formula is C37H54N2O. The van der Waals surface area contributed by atoms with Crippen LogP contribution < -0.4 is 4.90 Å². The second-order valence-electron chi connectivity index (χ2n) is 11.1. The fourth-order valence-electron chi connectivity index (χ4n) is 5.09. The number of aryl methyl sites for hydroxylation is 1. The molecule has 0 saturated heterocycles. The predicted molar refractivity (Wildman–Crippen MR) is 175 cm³/mol. The van der Waals surface area contributed by atoms with Crippen LogP contribution in [-0.4, -0.2) is 19.0 Å². The number of rotatable bonds is 14. The van der Waals surface area contributed by atoms with Gasteiger partial charge in [-0.05, 0) is 74.1 Å². The van der Waals surface area contributed by atoms with Crippen LogP contribution in [-0.2, 0) is 11.2 Å². The summed E-state index contributed by atoms with van der Waals surface area (Å²) in [6, 6.07) is 8.92. The zero-order valence-corrected chi connectivity index (χ0v) is 26.1. The minimum atomic E-state index is 0.173. The Kier molecular flexibility index (Phi) is 15.9. The number of unbranched alkanes of at least 4 members (excludes halogenated alkanes) is 3. The van der Waals surface area contributed by atoms with E-state index in [-0.39, 0.29) is 6.04 Å². The molecule has 3 heteroatoms. The Balaban J connectivity index is 0.000000280. The van der Waals surface area contributed by atoms with Gasteiger partial charge in [0.05, 0.1) is 18.6 Å². The minimum Gasteiger partial charge on any atom is -0.489 e. The average Bonchev–Trinajstić information content (AvgIpc) is 3.23. The monoisotopic (exact) mass is 542 g/mol. The van der Waals surface area contributed by atoms with Crippen LogP contribution in [0.1, 0.15) is 104 Å². The van der Waals surface area contributed by atoms with Crippen LogP contribution in [0, 0.1) is 11.8 Å². The molecule has 1 aliphatic carbocycles. The number of allylic oxidation sites excluding steroid dienone is 4. The first-order valence-corrected chi connectivity index (χ1v) is 15.7. The van der Waals surface area contributed by atoms with Crippen molar-refractivity contribution >= 4 is 12.0 Å². The van der Waals surface area contributed by atoms with Crippen LogP contribution >= 0.6 is 0 Å².